The molecule has 2 aromatic rings. The smallest absolute Gasteiger partial charge is 0.0673 e. The predicted octanol–water partition coefficient (Wildman–Crippen LogP) is 3.57. The summed E-state index contributed by atoms with van der Waals surface area (Å²) >= 11 is 0. The van der Waals surface area contributed by atoms with Crippen LogP contribution in [0.15, 0.2) is 60.7 Å². The zero-order valence-electron chi connectivity index (χ0n) is 12.7. The van der Waals surface area contributed by atoms with E-state index < -0.39 is 0 Å². The van der Waals surface area contributed by atoms with E-state index in [1.807, 2.05) is 12.1 Å². The number of hydrogen-bond donors (Lipinski definition) is 2. The van der Waals surface area contributed by atoms with Gasteiger partial charge in [0.15, 0.2) is 0 Å². The third kappa shape index (κ3) is 5.00. The maximum absolute atomic E-state index is 10.3. The summed E-state index contributed by atoms with van der Waals surface area (Å²) in [5.74, 6) is 0.242. The van der Waals surface area contributed by atoms with Gasteiger partial charge in [0.25, 0.3) is 0 Å². The molecule has 0 bridgehead atoms. The Morgan fingerprint density at radius 1 is 0.905 bits per heavy atom. The van der Waals surface area contributed by atoms with Gasteiger partial charge in [-0.2, -0.15) is 0 Å². The number of aliphatic hydroxyl groups excluding tert-OH is 1. The second-order valence-corrected chi connectivity index (χ2v) is 5.47. The maximum atomic E-state index is 10.3. The minimum Gasteiger partial charge on any atom is -0.392 e. The van der Waals surface area contributed by atoms with Gasteiger partial charge in [-0.3, -0.25) is 0 Å². The van der Waals surface area contributed by atoms with Crippen LogP contribution in [0.3, 0.4) is 0 Å². The van der Waals surface area contributed by atoms with Gasteiger partial charge in [-0.1, -0.05) is 67.6 Å². The van der Waals surface area contributed by atoms with Crippen molar-refractivity contribution in [2.24, 2.45) is 0 Å². The fourth-order valence-corrected chi connectivity index (χ4v) is 2.64. The third-order valence-corrected chi connectivity index (χ3v) is 3.72. The van der Waals surface area contributed by atoms with Crippen LogP contribution in [0.25, 0.3) is 0 Å². The average Bonchev–Trinajstić information content (AvgIpc) is 2.54. The quantitative estimate of drug-likeness (QED) is 0.726. The van der Waals surface area contributed by atoms with Gasteiger partial charge < -0.3 is 10.4 Å². The highest BCUT2D eigenvalue weighted by Crippen LogP contribution is 2.28. The van der Waals surface area contributed by atoms with Crippen LogP contribution in [-0.4, -0.2) is 24.3 Å². The van der Waals surface area contributed by atoms with E-state index in [1.54, 1.807) is 0 Å². The van der Waals surface area contributed by atoms with E-state index in [0.29, 0.717) is 6.54 Å². The number of aliphatic hydroxyl groups is 1. The van der Waals surface area contributed by atoms with E-state index >= 15 is 0 Å². The van der Waals surface area contributed by atoms with E-state index in [0.717, 1.165) is 19.4 Å². The molecule has 0 aliphatic rings. The standard InChI is InChI=1S/C19H25NO/c1-2-13-20-15-18(21)14-19(16-9-5-3-6-10-16)17-11-7-4-8-12-17/h3-12,18-21H,2,13-15H2,1H3. The first-order chi connectivity index (χ1) is 10.3. The van der Waals surface area contributed by atoms with E-state index in [2.05, 4.69) is 60.8 Å². The van der Waals surface area contributed by atoms with Crippen molar-refractivity contribution >= 4 is 0 Å². The Hall–Kier alpha value is -1.64. The van der Waals surface area contributed by atoms with E-state index in [1.165, 1.54) is 11.1 Å². The number of rotatable bonds is 8. The predicted molar refractivity (Wildman–Crippen MR) is 88.5 cm³/mol. The lowest BCUT2D eigenvalue weighted by atomic mass is 9.86. The van der Waals surface area contributed by atoms with Crippen molar-refractivity contribution in [2.45, 2.75) is 31.8 Å². The summed E-state index contributed by atoms with van der Waals surface area (Å²) in [5.41, 5.74) is 2.52. The summed E-state index contributed by atoms with van der Waals surface area (Å²) in [4.78, 5) is 0. The van der Waals surface area contributed by atoms with Crippen LogP contribution in [0.5, 0.6) is 0 Å². The van der Waals surface area contributed by atoms with Gasteiger partial charge in [-0.15, -0.1) is 0 Å². The summed E-state index contributed by atoms with van der Waals surface area (Å²) in [6.07, 6.45) is 1.50. The molecule has 112 valence electrons. The molecule has 0 amide bonds. The minimum absolute atomic E-state index is 0.242. The minimum atomic E-state index is -0.332. The van der Waals surface area contributed by atoms with Crippen molar-refractivity contribution in [2.75, 3.05) is 13.1 Å². The zero-order chi connectivity index (χ0) is 14.9. The molecule has 0 spiro atoms. The molecule has 2 rings (SSSR count). The number of benzene rings is 2. The second-order valence-electron chi connectivity index (χ2n) is 5.47. The summed E-state index contributed by atoms with van der Waals surface area (Å²) in [6.45, 7) is 3.75. The SMILES string of the molecule is CCCNCC(O)CC(c1ccccc1)c1ccccc1. The Morgan fingerprint density at radius 2 is 1.43 bits per heavy atom. The maximum Gasteiger partial charge on any atom is 0.0673 e. The third-order valence-electron chi connectivity index (χ3n) is 3.72. The van der Waals surface area contributed by atoms with Crippen LogP contribution in [-0.2, 0) is 0 Å². The summed E-state index contributed by atoms with van der Waals surface area (Å²) in [5, 5.41) is 13.6. The number of hydrogen-bond acceptors (Lipinski definition) is 2. The molecule has 2 N–H and O–H groups in total. The van der Waals surface area contributed by atoms with Gasteiger partial charge in [0.1, 0.15) is 0 Å². The first kappa shape index (κ1) is 15.7. The van der Waals surface area contributed by atoms with Gasteiger partial charge in [-0.25, -0.2) is 0 Å². The van der Waals surface area contributed by atoms with E-state index in [-0.39, 0.29) is 12.0 Å². The molecule has 0 fully saturated rings. The zero-order valence-corrected chi connectivity index (χ0v) is 12.7. The fourth-order valence-electron chi connectivity index (χ4n) is 2.64. The lowest BCUT2D eigenvalue weighted by molar-refractivity contribution is 0.157. The molecular weight excluding hydrogens is 258 g/mol. The van der Waals surface area contributed by atoms with Gasteiger partial charge in [0.05, 0.1) is 6.10 Å². The van der Waals surface area contributed by atoms with Crippen LogP contribution in [0.4, 0.5) is 0 Å². The molecular formula is C19H25NO. The fraction of sp³-hybridized carbons (Fsp3) is 0.368. The van der Waals surface area contributed by atoms with Gasteiger partial charge in [0, 0.05) is 12.5 Å². The lowest BCUT2D eigenvalue weighted by Gasteiger charge is -2.21. The first-order valence-corrected chi connectivity index (χ1v) is 7.80. The average molecular weight is 283 g/mol. The van der Waals surface area contributed by atoms with Gasteiger partial charge in [-0.05, 0) is 30.5 Å². The molecule has 0 saturated carbocycles. The largest absolute Gasteiger partial charge is 0.392 e. The van der Waals surface area contributed by atoms with Crippen molar-refractivity contribution in [3.8, 4) is 0 Å². The molecule has 0 aromatic heterocycles. The van der Waals surface area contributed by atoms with Gasteiger partial charge in [0.2, 0.25) is 0 Å². The Balaban J connectivity index is 2.10. The Labute approximate surface area is 127 Å². The van der Waals surface area contributed by atoms with Crippen molar-refractivity contribution in [3.05, 3.63) is 71.8 Å². The van der Waals surface area contributed by atoms with E-state index in [4.69, 9.17) is 0 Å². The van der Waals surface area contributed by atoms with Crippen molar-refractivity contribution in [1.82, 2.24) is 5.32 Å². The number of nitrogens with one attached hydrogen (secondary N) is 1. The van der Waals surface area contributed by atoms with Crippen LogP contribution < -0.4 is 5.32 Å². The topological polar surface area (TPSA) is 32.3 Å². The normalized spacial score (nSPS) is 12.5. The first-order valence-electron chi connectivity index (χ1n) is 7.80. The molecule has 1 atom stereocenters. The Bertz CT molecular complexity index is 458. The van der Waals surface area contributed by atoms with Crippen molar-refractivity contribution < 1.29 is 5.11 Å². The highest BCUT2D eigenvalue weighted by Gasteiger charge is 2.18. The molecule has 2 nitrogen and oxygen atoms in total. The second kappa shape index (κ2) is 8.60. The highest BCUT2D eigenvalue weighted by atomic mass is 16.3. The summed E-state index contributed by atoms with van der Waals surface area (Å²) in [7, 11) is 0. The Kier molecular flexibility index (Phi) is 6.45. The highest BCUT2D eigenvalue weighted by molar-refractivity contribution is 5.32. The lowest BCUT2D eigenvalue weighted by Crippen LogP contribution is -2.28. The Morgan fingerprint density at radius 3 is 1.90 bits per heavy atom. The van der Waals surface area contributed by atoms with Crippen LogP contribution in [0.2, 0.25) is 0 Å². The molecule has 0 aliphatic heterocycles. The molecule has 0 aliphatic carbocycles. The van der Waals surface area contributed by atoms with Crippen LogP contribution in [0.1, 0.15) is 36.8 Å². The van der Waals surface area contributed by atoms with Crippen LogP contribution in [0, 0.1) is 0 Å². The molecule has 0 heterocycles. The van der Waals surface area contributed by atoms with E-state index in [9.17, 15) is 5.11 Å². The molecule has 2 heteroatoms. The molecule has 0 radical (unpaired) electrons. The summed E-state index contributed by atoms with van der Waals surface area (Å²) < 4.78 is 0. The van der Waals surface area contributed by atoms with Gasteiger partial charge >= 0.3 is 0 Å². The molecule has 21 heavy (non-hydrogen) atoms. The van der Waals surface area contributed by atoms with Crippen LogP contribution >= 0.6 is 0 Å². The molecule has 2 aromatic carbocycles. The molecule has 0 saturated heterocycles. The van der Waals surface area contributed by atoms with Crippen molar-refractivity contribution in [3.63, 3.8) is 0 Å². The summed E-state index contributed by atoms with van der Waals surface area (Å²) in [6, 6.07) is 20.9. The van der Waals surface area contributed by atoms with Crippen molar-refractivity contribution in [1.29, 1.82) is 0 Å². The monoisotopic (exact) mass is 283 g/mol. The molecule has 1 unspecified atom stereocenters.